The lowest BCUT2D eigenvalue weighted by atomic mass is 9.90. The molecule has 0 radical (unpaired) electrons. The topological polar surface area (TPSA) is 39.9 Å². The zero-order chi connectivity index (χ0) is 23.8. The second-order valence-electron chi connectivity index (χ2n) is 9.98. The van der Waals surface area contributed by atoms with Crippen molar-refractivity contribution in [3.8, 4) is 0 Å². The van der Waals surface area contributed by atoms with Gasteiger partial charge in [-0.2, -0.15) is 0 Å². The quantitative estimate of drug-likeness (QED) is 0.433. The van der Waals surface area contributed by atoms with Gasteiger partial charge < -0.3 is 4.90 Å². The number of rotatable bonds is 5. The fourth-order valence-corrected chi connectivity index (χ4v) is 6.63. The van der Waals surface area contributed by atoms with Crippen LogP contribution in [0.1, 0.15) is 69.1 Å². The Labute approximate surface area is 212 Å². The van der Waals surface area contributed by atoms with Crippen LogP contribution in [0.4, 0.5) is 5.82 Å². The van der Waals surface area contributed by atoms with Gasteiger partial charge in [-0.05, 0) is 86.3 Å². The summed E-state index contributed by atoms with van der Waals surface area (Å²) in [6.45, 7) is 14.3. The van der Waals surface area contributed by atoms with Crippen LogP contribution in [-0.4, -0.2) is 62.9 Å². The Kier molecular flexibility index (Phi) is 6.96. The number of hydrogen-bond acceptors (Lipinski definition) is 5. The molecule has 5 heterocycles. The average Bonchev–Trinajstić information content (AvgIpc) is 3.20. The van der Waals surface area contributed by atoms with Gasteiger partial charge in [0.05, 0.1) is 23.5 Å². The van der Waals surface area contributed by atoms with Crippen molar-refractivity contribution in [3.05, 3.63) is 58.1 Å². The van der Waals surface area contributed by atoms with Crippen molar-refractivity contribution in [1.29, 1.82) is 0 Å². The smallest absolute Gasteiger partial charge is 0.139 e. The highest BCUT2D eigenvalue weighted by Gasteiger charge is 2.36. The molecule has 34 heavy (non-hydrogen) atoms. The molecule has 0 aliphatic carbocycles. The van der Waals surface area contributed by atoms with Crippen LogP contribution in [0.15, 0.2) is 41.1 Å². The van der Waals surface area contributed by atoms with E-state index in [1.165, 1.54) is 23.5 Å². The Morgan fingerprint density at radius 1 is 1.00 bits per heavy atom. The van der Waals surface area contributed by atoms with E-state index in [2.05, 4.69) is 87.0 Å². The average molecular weight is 526 g/mol. The monoisotopic (exact) mass is 524 g/mol. The Bertz CT molecular complexity index is 1130. The van der Waals surface area contributed by atoms with Crippen molar-refractivity contribution in [2.75, 3.05) is 37.6 Å². The second kappa shape index (κ2) is 9.96. The Morgan fingerprint density at radius 2 is 1.74 bits per heavy atom. The molecule has 0 aromatic carbocycles. The first-order valence-corrected chi connectivity index (χ1v) is 13.6. The number of likely N-dealkylation sites (tertiary alicyclic amines) is 1. The summed E-state index contributed by atoms with van der Waals surface area (Å²) in [7, 11) is 0. The van der Waals surface area contributed by atoms with Gasteiger partial charge in [-0.1, -0.05) is 19.1 Å². The molecule has 2 unspecified atom stereocenters. The third-order valence-electron chi connectivity index (χ3n) is 7.76. The van der Waals surface area contributed by atoms with Crippen molar-refractivity contribution in [2.45, 2.75) is 65.1 Å². The predicted molar refractivity (Wildman–Crippen MR) is 143 cm³/mol. The van der Waals surface area contributed by atoms with Crippen molar-refractivity contribution in [3.63, 3.8) is 0 Å². The minimum absolute atomic E-state index is 0.282. The number of pyridine rings is 2. The van der Waals surface area contributed by atoms with E-state index in [4.69, 9.17) is 9.97 Å². The van der Waals surface area contributed by atoms with Crippen molar-refractivity contribution >= 4 is 27.4 Å². The molecule has 0 bridgehead atoms. The molecule has 2 aliphatic heterocycles. The second-order valence-corrected chi connectivity index (χ2v) is 10.7. The molecule has 2 fully saturated rings. The number of aromatic nitrogens is 3. The fourth-order valence-electron chi connectivity index (χ4n) is 5.91. The van der Waals surface area contributed by atoms with E-state index < -0.39 is 0 Å². The summed E-state index contributed by atoms with van der Waals surface area (Å²) >= 11 is 4.01. The van der Waals surface area contributed by atoms with E-state index in [9.17, 15) is 0 Å². The molecule has 2 atom stereocenters. The standard InChI is InChI=1S/C27H37BrN6/c1-5-33-21(25-20(4)9-8-14-29-25)10-6-11-22(33)26-27(28)34-23(30-26)12-7-13-24(34)32-17-15-31(16-18-32)19(2)3/h7-9,12-14,19,21-22H,5-6,10-11,15-18H2,1-4H3. The van der Waals surface area contributed by atoms with Gasteiger partial charge in [-0.3, -0.25) is 19.2 Å². The Balaban J connectivity index is 1.49. The van der Waals surface area contributed by atoms with Crippen molar-refractivity contribution in [1.82, 2.24) is 24.2 Å². The third-order valence-corrected chi connectivity index (χ3v) is 8.52. The minimum atomic E-state index is 0.282. The molecule has 7 heteroatoms. The van der Waals surface area contributed by atoms with Crippen LogP contribution in [0, 0.1) is 6.92 Å². The van der Waals surface area contributed by atoms with E-state index in [0.717, 1.165) is 61.5 Å². The summed E-state index contributed by atoms with van der Waals surface area (Å²) in [5.74, 6) is 1.24. The lowest BCUT2D eigenvalue weighted by Crippen LogP contribution is -2.49. The molecule has 6 nitrogen and oxygen atoms in total. The molecule has 0 saturated carbocycles. The number of imidazole rings is 1. The summed E-state index contributed by atoms with van der Waals surface area (Å²) in [5.41, 5.74) is 4.69. The van der Waals surface area contributed by atoms with Crippen LogP contribution in [-0.2, 0) is 0 Å². The van der Waals surface area contributed by atoms with Gasteiger partial charge in [-0.15, -0.1) is 0 Å². The SMILES string of the molecule is CCN1C(c2ncccc2C)CCCC1c1nc2cccc(N3CCN(C(C)C)CC3)n2c1Br. The van der Waals surface area contributed by atoms with Crippen LogP contribution in [0.25, 0.3) is 5.65 Å². The highest BCUT2D eigenvalue weighted by atomic mass is 79.9. The Morgan fingerprint density at radius 3 is 2.41 bits per heavy atom. The number of nitrogens with zero attached hydrogens (tertiary/aromatic N) is 6. The molecule has 5 rings (SSSR count). The maximum Gasteiger partial charge on any atom is 0.139 e. The molecular weight excluding hydrogens is 488 g/mol. The van der Waals surface area contributed by atoms with Crippen LogP contribution in [0.2, 0.25) is 0 Å². The number of halogens is 1. The molecule has 3 aromatic rings. The molecule has 3 aromatic heterocycles. The van der Waals surface area contributed by atoms with Gasteiger partial charge in [-0.25, -0.2) is 4.98 Å². The predicted octanol–water partition coefficient (Wildman–Crippen LogP) is 5.62. The van der Waals surface area contributed by atoms with E-state index in [1.54, 1.807) is 0 Å². The molecule has 2 aliphatic rings. The summed E-state index contributed by atoms with van der Waals surface area (Å²) < 4.78 is 3.43. The molecular formula is C27H37BrN6. The first-order valence-electron chi connectivity index (χ1n) is 12.8. The van der Waals surface area contributed by atoms with E-state index in [0.29, 0.717) is 12.1 Å². The summed E-state index contributed by atoms with van der Waals surface area (Å²) in [4.78, 5) is 17.7. The summed E-state index contributed by atoms with van der Waals surface area (Å²) in [6.07, 6.45) is 5.40. The zero-order valence-corrected chi connectivity index (χ0v) is 22.5. The number of piperazine rings is 1. The zero-order valence-electron chi connectivity index (χ0n) is 20.9. The van der Waals surface area contributed by atoms with E-state index in [1.807, 2.05) is 12.3 Å². The van der Waals surface area contributed by atoms with E-state index >= 15 is 0 Å². The van der Waals surface area contributed by atoms with E-state index in [-0.39, 0.29) is 6.04 Å². The normalized spacial score (nSPS) is 22.7. The van der Waals surface area contributed by atoms with Gasteiger partial charge >= 0.3 is 0 Å². The minimum Gasteiger partial charge on any atom is -0.355 e. The number of piperidine rings is 1. The van der Waals surface area contributed by atoms with Crippen LogP contribution in [0.3, 0.4) is 0 Å². The lowest BCUT2D eigenvalue weighted by Gasteiger charge is -2.41. The van der Waals surface area contributed by atoms with Crippen LogP contribution < -0.4 is 4.90 Å². The largest absolute Gasteiger partial charge is 0.355 e. The first kappa shape index (κ1) is 23.8. The Hall–Kier alpha value is -1.96. The number of fused-ring (bicyclic) bond motifs is 1. The molecule has 0 N–H and O–H groups in total. The van der Waals surface area contributed by atoms with Crippen LogP contribution >= 0.6 is 15.9 Å². The molecule has 182 valence electrons. The van der Waals surface area contributed by atoms with Gasteiger partial charge in [0.15, 0.2) is 0 Å². The number of anilines is 1. The highest BCUT2D eigenvalue weighted by Crippen LogP contribution is 2.43. The maximum atomic E-state index is 5.20. The third kappa shape index (κ3) is 4.27. The summed E-state index contributed by atoms with van der Waals surface area (Å²) in [5, 5.41) is 0. The number of hydrogen-bond donors (Lipinski definition) is 0. The molecule has 0 amide bonds. The van der Waals surface area contributed by atoms with Crippen molar-refractivity contribution in [2.24, 2.45) is 0 Å². The van der Waals surface area contributed by atoms with Gasteiger partial charge in [0.2, 0.25) is 0 Å². The lowest BCUT2D eigenvalue weighted by molar-refractivity contribution is 0.0830. The fraction of sp³-hybridized carbons (Fsp3) is 0.556. The maximum absolute atomic E-state index is 5.20. The highest BCUT2D eigenvalue weighted by molar-refractivity contribution is 9.10. The van der Waals surface area contributed by atoms with Crippen LogP contribution in [0.5, 0.6) is 0 Å². The van der Waals surface area contributed by atoms with Gasteiger partial charge in [0.25, 0.3) is 0 Å². The molecule has 0 spiro atoms. The summed E-state index contributed by atoms with van der Waals surface area (Å²) in [6, 6.07) is 12.0. The number of aryl methyl sites for hydroxylation is 1. The molecule has 2 saturated heterocycles. The van der Waals surface area contributed by atoms with Gasteiger partial charge in [0.1, 0.15) is 16.1 Å². The van der Waals surface area contributed by atoms with Gasteiger partial charge in [0, 0.05) is 38.4 Å². The first-order chi connectivity index (χ1) is 16.5. The van der Waals surface area contributed by atoms with Crippen molar-refractivity contribution < 1.29 is 0 Å².